The zero-order valence-electron chi connectivity index (χ0n) is 19.3. The Balaban J connectivity index is 1.94. The summed E-state index contributed by atoms with van der Waals surface area (Å²) in [6, 6.07) is 18.1. The Bertz CT molecular complexity index is 1860. The zero-order chi connectivity index (χ0) is 23.7. The number of hydrogen-bond donors (Lipinski definition) is 0. The number of fused-ring (bicyclic) bond motifs is 7. The maximum atomic E-state index is 13.3. The highest BCUT2D eigenvalue weighted by atomic mass is 35.5. The number of nitrogens with zero attached hydrogens (tertiary/aromatic N) is 1. The molecule has 6 aromatic rings. The van der Waals surface area contributed by atoms with E-state index in [1.54, 1.807) is 13.2 Å². The molecule has 0 fully saturated rings. The molecule has 0 radical (unpaired) electrons. The van der Waals surface area contributed by atoms with Crippen LogP contribution in [0, 0.1) is 20.8 Å². The molecule has 0 aliphatic heterocycles. The molecule has 168 valence electrons. The summed E-state index contributed by atoms with van der Waals surface area (Å²) in [5.74, 6) is 0.834. The average molecular weight is 468 g/mol. The molecular formula is C29H22ClNO3. The van der Waals surface area contributed by atoms with E-state index in [0.717, 1.165) is 49.5 Å². The van der Waals surface area contributed by atoms with Crippen LogP contribution < -0.4 is 10.4 Å². The smallest absolute Gasteiger partial charge is 0.361 e. The van der Waals surface area contributed by atoms with Crippen LogP contribution in [0.2, 0.25) is 5.02 Å². The van der Waals surface area contributed by atoms with Crippen molar-refractivity contribution in [2.75, 3.05) is 7.11 Å². The van der Waals surface area contributed by atoms with E-state index in [9.17, 15) is 4.79 Å². The fraction of sp³-hybridized carbons (Fsp3) is 0.138. The largest absolute Gasteiger partial charge is 0.496 e. The molecule has 34 heavy (non-hydrogen) atoms. The molecule has 0 N–H and O–H groups in total. The Labute approximate surface area is 200 Å². The predicted octanol–water partition coefficient (Wildman–Crippen LogP) is 7.61. The lowest BCUT2D eigenvalue weighted by Crippen LogP contribution is -2.02. The van der Waals surface area contributed by atoms with Crippen LogP contribution >= 0.6 is 11.6 Å². The molecule has 0 unspecified atom stereocenters. The second kappa shape index (κ2) is 7.37. The number of halogens is 1. The minimum atomic E-state index is -0.389. The van der Waals surface area contributed by atoms with Gasteiger partial charge in [-0.15, -0.1) is 0 Å². The predicted molar refractivity (Wildman–Crippen MR) is 140 cm³/mol. The molecular weight excluding hydrogens is 446 g/mol. The summed E-state index contributed by atoms with van der Waals surface area (Å²) in [5.41, 5.74) is 7.09. The molecule has 0 saturated heterocycles. The topological polar surface area (TPSA) is 43.9 Å². The van der Waals surface area contributed by atoms with Gasteiger partial charge in [-0.1, -0.05) is 29.8 Å². The first-order valence-electron chi connectivity index (χ1n) is 11.1. The third kappa shape index (κ3) is 2.88. The number of aromatic nitrogens is 1. The molecule has 3 aromatic heterocycles. The average Bonchev–Trinajstić information content (AvgIpc) is 3.16. The van der Waals surface area contributed by atoms with E-state index in [0.29, 0.717) is 16.1 Å². The SMILES string of the molecule is COc1cc2ccn3c(c(-c4ccc(C)c(C)c4)c4c5ccc(Cl)cc5oc(=O)c43)c2cc1C. The molecule has 6 rings (SSSR count). The minimum absolute atomic E-state index is 0.389. The van der Waals surface area contributed by atoms with Crippen LogP contribution in [0.25, 0.3) is 49.3 Å². The first-order chi connectivity index (χ1) is 16.4. The van der Waals surface area contributed by atoms with E-state index in [-0.39, 0.29) is 5.63 Å². The summed E-state index contributed by atoms with van der Waals surface area (Å²) in [6.07, 6.45) is 1.94. The molecule has 0 spiro atoms. The summed E-state index contributed by atoms with van der Waals surface area (Å²) < 4.78 is 13.3. The summed E-state index contributed by atoms with van der Waals surface area (Å²) >= 11 is 6.24. The summed E-state index contributed by atoms with van der Waals surface area (Å²) in [6.45, 7) is 6.25. The second-order valence-corrected chi connectivity index (χ2v) is 9.31. The normalized spacial score (nSPS) is 11.8. The number of aryl methyl sites for hydroxylation is 3. The van der Waals surface area contributed by atoms with Gasteiger partial charge in [0, 0.05) is 39.0 Å². The second-order valence-electron chi connectivity index (χ2n) is 8.87. The van der Waals surface area contributed by atoms with Crippen LogP contribution in [0.1, 0.15) is 16.7 Å². The number of rotatable bonds is 2. The maximum absolute atomic E-state index is 13.3. The molecule has 4 nitrogen and oxygen atoms in total. The minimum Gasteiger partial charge on any atom is -0.496 e. The highest BCUT2D eigenvalue weighted by Gasteiger charge is 2.22. The van der Waals surface area contributed by atoms with Crippen molar-refractivity contribution in [1.29, 1.82) is 0 Å². The number of ether oxygens (including phenoxy) is 1. The van der Waals surface area contributed by atoms with Gasteiger partial charge in [0.1, 0.15) is 16.8 Å². The number of pyridine rings is 1. The van der Waals surface area contributed by atoms with Crippen LogP contribution in [0.4, 0.5) is 0 Å². The fourth-order valence-electron chi connectivity index (χ4n) is 5.00. The van der Waals surface area contributed by atoms with Crippen LogP contribution in [0.3, 0.4) is 0 Å². The summed E-state index contributed by atoms with van der Waals surface area (Å²) in [4.78, 5) is 13.3. The van der Waals surface area contributed by atoms with Gasteiger partial charge >= 0.3 is 5.63 Å². The van der Waals surface area contributed by atoms with E-state index >= 15 is 0 Å². The van der Waals surface area contributed by atoms with Gasteiger partial charge < -0.3 is 13.6 Å². The van der Waals surface area contributed by atoms with Gasteiger partial charge in [-0.2, -0.15) is 0 Å². The lowest BCUT2D eigenvalue weighted by Gasteiger charge is -2.11. The van der Waals surface area contributed by atoms with Gasteiger partial charge in [0.05, 0.1) is 12.6 Å². The highest BCUT2D eigenvalue weighted by Crippen LogP contribution is 2.42. The standard InChI is InChI=1S/C29H22ClNO3/c1-15-5-6-19(11-16(15)2)25-26-21-8-7-20(30)14-24(21)34-29(32)28(26)31-10-9-18-13-23(33-4)17(3)12-22(18)27(25)31/h5-14H,1-4H3. The first-order valence-corrected chi connectivity index (χ1v) is 11.5. The quantitative estimate of drug-likeness (QED) is 0.246. The molecule has 3 aromatic carbocycles. The van der Waals surface area contributed by atoms with Gasteiger partial charge in [0.15, 0.2) is 0 Å². The van der Waals surface area contributed by atoms with Crippen LogP contribution in [-0.4, -0.2) is 11.5 Å². The molecule has 0 atom stereocenters. The molecule has 5 heteroatoms. The lowest BCUT2D eigenvalue weighted by atomic mass is 9.95. The molecule has 0 bridgehead atoms. The van der Waals surface area contributed by atoms with E-state index in [2.05, 4.69) is 38.1 Å². The van der Waals surface area contributed by atoms with Gasteiger partial charge in [-0.05, 0) is 78.7 Å². The van der Waals surface area contributed by atoms with Crippen LogP contribution in [0.15, 0.2) is 70.0 Å². The Kier molecular flexibility index (Phi) is 4.51. The third-order valence-corrected chi connectivity index (χ3v) is 7.07. The van der Waals surface area contributed by atoms with Crippen LogP contribution in [-0.2, 0) is 0 Å². The van der Waals surface area contributed by atoms with Gasteiger partial charge in [-0.25, -0.2) is 4.79 Å². The van der Waals surface area contributed by atoms with Gasteiger partial charge in [-0.3, -0.25) is 0 Å². The molecule has 0 saturated carbocycles. The number of hydrogen-bond acceptors (Lipinski definition) is 3. The Morgan fingerprint density at radius 1 is 0.853 bits per heavy atom. The maximum Gasteiger partial charge on any atom is 0.361 e. The van der Waals surface area contributed by atoms with E-state index in [1.165, 1.54) is 11.1 Å². The van der Waals surface area contributed by atoms with Crippen molar-refractivity contribution < 1.29 is 9.15 Å². The number of methoxy groups -OCH3 is 1. The van der Waals surface area contributed by atoms with E-state index in [1.807, 2.05) is 41.8 Å². The monoisotopic (exact) mass is 467 g/mol. The van der Waals surface area contributed by atoms with Crippen molar-refractivity contribution in [2.24, 2.45) is 0 Å². The Morgan fingerprint density at radius 3 is 2.44 bits per heavy atom. The van der Waals surface area contributed by atoms with Crippen LogP contribution in [0.5, 0.6) is 5.75 Å². The van der Waals surface area contributed by atoms with Crippen molar-refractivity contribution in [2.45, 2.75) is 20.8 Å². The summed E-state index contributed by atoms with van der Waals surface area (Å²) in [7, 11) is 1.68. The lowest BCUT2D eigenvalue weighted by molar-refractivity contribution is 0.412. The van der Waals surface area contributed by atoms with E-state index in [4.69, 9.17) is 20.8 Å². The van der Waals surface area contributed by atoms with Crippen molar-refractivity contribution >= 4 is 49.8 Å². The van der Waals surface area contributed by atoms with Crippen molar-refractivity contribution in [3.05, 3.63) is 92.9 Å². The molecule has 3 heterocycles. The zero-order valence-corrected chi connectivity index (χ0v) is 20.1. The summed E-state index contributed by atoms with van der Waals surface area (Å²) in [5, 5.41) is 4.34. The number of benzene rings is 3. The third-order valence-electron chi connectivity index (χ3n) is 6.84. The van der Waals surface area contributed by atoms with Crippen molar-refractivity contribution in [1.82, 2.24) is 4.40 Å². The molecule has 0 aliphatic carbocycles. The van der Waals surface area contributed by atoms with Crippen molar-refractivity contribution in [3.8, 4) is 16.9 Å². The Morgan fingerprint density at radius 2 is 1.68 bits per heavy atom. The highest BCUT2D eigenvalue weighted by molar-refractivity contribution is 6.31. The van der Waals surface area contributed by atoms with E-state index < -0.39 is 0 Å². The first kappa shape index (κ1) is 20.8. The molecule has 0 aliphatic rings. The van der Waals surface area contributed by atoms with Gasteiger partial charge in [0.2, 0.25) is 0 Å². The van der Waals surface area contributed by atoms with Gasteiger partial charge in [0.25, 0.3) is 0 Å². The Hall–Kier alpha value is -3.76. The molecule has 0 amide bonds. The fourth-order valence-corrected chi connectivity index (χ4v) is 5.16. The van der Waals surface area contributed by atoms with Crippen molar-refractivity contribution in [3.63, 3.8) is 0 Å².